The number of hydrogen-bond donors (Lipinski definition) is 2. The molecule has 27 heavy (non-hydrogen) atoms. The monoisotopic (exact) mass is 385 g/mol. The van der Waals surface area contributed by atoms with Gasteiger partial charge in [-0.05, 0) is 49.6 Å². The Morgan fingerprint density at radius 1 is 1.11 bits per heavy atom. The third-order valence-electron chi connectivity index (χ3n) is 4.83. The maximum Gasteiger partial charge on any atom is 0.321 e. The van der Waals surface area contributed by atoms with Crippen LogP contribution in [0.5, 0.6) is 0 Å². The number of rotatable bonds is 4. The van der Waals surface area contributed by atoms with Crippen LogP contribution in [0.25, 0.3) is 0 Å². The predicted molar refractivity (Wildman–Crippen MR) is 108 cm³/mol. The fourth-order valence-corrected chi connectivity index (χ4v) is 3.39. The first-order valence-electron chi connectivity index (χ1n) is 9.20. The molecule has 2 aromatic rings. The summed E-state index contributed by atoms with van der Waals surface area (Å²) in [7, 11) is 0. The van der Waals surface area contributed by atoms with Gasteiger partial charge < -0.3 is 15.5 Å². The number of benzene rings is 2. The largest absolute Gasteiger partial charge is 0.349 e. The van der Waals surface area contributed by atoms with Gasteiger partial charge in [0.15, 0.2) is 0 Å². The topological polar surface area (TPSA) is 61.4 Å². The zero-order valence-corrected chi connectivity index (χ0v) is 16.1. The highest BCUT2D eigenvalue weighted by atomic mass is 35.5. The number of likely N-dealkylation sites (tertiary alicyclic amines) is 1. The normalized spacial score (nSPS) is 17.9. The zero-order chi connectivity index (χ0) is 19.2. The van der Waals surface area contributed by atoms with Gasteiger partial charge in [0.2, 0.25) is 5.91 Å². The lowest BCUT2D eigenvalue weighted by Crippen LogP contribution is -2.47. The highest BCUT2D eigenvalue weighted by molar-refractivity contribution is 6.30. The molecule has 142 valence electrons. The summed E-state index contributed by atoms with van der Waals surface area (Å²) in [5, 5.41) is 6.61. The molecule has 0 aromatic heterocycles. The Hall–Kier alpha value is -2.53. The number of para-hydroxylation sites is 1. The van der Waals surface area contributed by atoms with Gasteiger partial charge in [0.1, 0.15) is 0 Å². The average Bonchev–Trinajstić information content (AvgIpc) is 2.69. The van der Waals surface area contributed by atoms with Gasteiger partial charge in [0.25, 0.3) is 0 Å². The molecule has 0 saturated carbocycles. The number of urea groups is 1. The molecule has 5 nitrogen and oxygen atoms in total. The van der Waals surface area contributed by atoms with Crippen molar-refractivity contribution in [3.05, 3.63) is 65.2 Å². The molecule has 0 unspecified atom stereocenters. The van der Waals surface area contributed by atoms with E-state index in [0.717, 1.165) is 24.1 Å². The molecule has 1 aliphatic rings. The van der Waals surface area contributed by atoms with Crippen molar-refractivity contribution in [2.75, 3.05) is 18.4 Å². The van der Waals surface area contributed by atoms with Crippen molar-refractivity contribution in [1.82, 2.24) is 10.2 Å². The van der Waals surface area contributed by atoms with E-state index in [9.17, 15) is 9.59 Å². The van der Waals surface area contributed by atoms with Crippen molar-refractivity contribution in [1.29, 1.82) is 0 Å². The van der Waals surface area contributed by atoms with Crippen LogP contribution in [0, 0.1) is 5.92 Å². The van der Waals surface area contributed by atoms with E-state index < -0.39 is 0 Å². The molecule has 1 saturated heterocycles. The molecule has 1 fully saturated rings. The van der Waals surface area contributed by atoms with Crippen molar-refractivity contribution in [2.24, 2.45) is 5.92 Å². The summed E-state index contributed by atoms with van der Waals surface area (Å²) in [6.07, 6.45) is 1.60. The third-order valence-corrected chi connectivity index (χ3v) is 5.09. The minimum atomic E-state index is -0.199. The lowest BCUT2D eigenvalue weighted by Gasteiger charge is -2.32. The highest BCUT2D eigenvalue weighted by Gasteiger charge is 2.29. The molecule has 1 heterocycles. The molecule has 2 atom stereocenters. The number of carbonyl (C=O) groups is 2. The molecule has 0 spiro atoms. The van der Waals surface area contributed by atoms with Crippen LogP contribution < -0.4 is 10.6 Å². The number of hydrogen-bond acceptors (Lipinski definition) is 2. The van der Waals surface area contributed by atoms with E-state index in [2.05, 4.69) is 10.6 Å². The van der Waals surface area contributed by atoms with Crippen molar-refractivity contribution < 1.29 is 9.59 Å². The van der Waals surface area contributed by atoms with Crippen LogP contribution in [0.4, 0.5) is 10.5 Å². The van der Waals surface area contributed by atoms with Crippen molar-refractivity contribution in [3.8, 4) is 0 Å². The van der Waals surface area contributed by atoms with Gasteiger partial charge in [0, 0.05) is 23.8 Å². The van der Waals surface area contributed by atoms with Gasteiger partial charge in [-0.2, -0.15) is 0 Å². The van der Waals surface area contributed by atoms with Crippen LogP contribution in [0.3, 0.4) is 0 Å². The first-order valence-corrected chi connectivity index (χ1v) is 9.57. The van der Waals surface area contributed by atoms with Crippen molar-refractivity contribution >= 4 is 29.2 Å². The molecule has 1 aliphatic heterocycles. The van der Waals surface area contributed by atoms with E-state index in [4.69, 9.17) is 11.6 Å². The summed E-state index contributed by atoms with van der Waals surface area (Å²) < 4.78 is 0. The van der Waals surface area contributed by atoms with Gasteiger partial charge in [-0.3, -0.25) is 4.79 Å². The SMILES string of the molecule is C[C@H](NC(=O)[C@@H]1CCCN(C(=O)Nc2ccccc2)C1)c1ccc(Cl)cc1. The molecule has 2 aromatic carbocycles. The van der Waals surface area contributed by atoms with E-state index in [1.54, 1.807) is 4.90 Å². The van der Waals surface area contributed by atoms with Gasteiger partial charge in [-0.25, -0.2) is 4.79 Å². The lowest BCUT2D eigenvalue weighted by atomic mass is 9.96. The number of nitrogens with one attached hydrogen (secondary N) is 2. The standard InChI is InChI=1S/C21H24ClN3O2/c1-15(16-9-11-18(22)12-10-16)23-20(26)17-6-5-13-25(14-17)21(27)24-19-7-3-2-4-8-19/h2-4,7-12,15,17H,5-6,13-14H2,1H3,(H,23,26)(H,24,27)/t15-,17+/m0/s1. The van der Waals surface area contributed by atoms with Gasteiger partial charge in [-0.15, -0.1) is 0 Å². The Morgan fingerprint density at radius 2 is 1.81 bits per heavy atom. The summed E-state index contributed by atoms with van der Waals surface area (Å²) in [5.74, 6) is -0.218. The lowest BCUT2D eigenvalue weighted by molar-refractivity contribution is -0.126. The summed E-state index contributed by atoms with van der Waals surface area (Å²) in [4.78, 5) is 26.9. The van der Waals surface area contributed by atoms with Gasteiger partial charge >= 0.3 is 6.03 Å². The Bertz CT molecular complexity index is 780. The van der Waals surface area contributed by atoms with Gasteiger partial charge in [0.05, 0.1) is 12.0 Å². The summed E-state index contributed by atoms with van der Waals surface area (Å²) in [5.41, 5.74) is 1.76. The molecule has 3 rings (SSSR count). The first-order chi connectivity index (χ1) is 13.0. The van der Waals surface area contributed by atoms with E-state index in [1.807, 2.05) is 61.5 Å². The average molecular weight is 386 g/mol. The summed E-state index contributed by atoms with van der Waals surface area (Å²) >= 11 is 5.92. The molecule has 0 bridgehead atoms. The number of nitrogens with zero attached hydrogens (tertiary/aromatic N) is 1. The van der Waals surface area contributed by atoms with E-state index in [1.165, 1.54) is 0 Å². The predicted octanol–water partition coefficient (Wildman–Crippen LogP) is 4.46. The fraction of sp³-hybridized carbons (Fsp3) is 0.333. The van der Waals surface area contributed by atoms with E-state index in [-0.39, 0.29) is 23.9 Å². The Balaban J connectivity index is 1.56. The maximum absolute atomic E-state index is 12.7. The second kappa shape index (κ2) is 8.91. The number of halogens is 1. The van der Waals surface area contributed by atoms with E-state index in [0.29, 0.717) is 18.1 Å². The van der Waals surface area contributed by atoms with E-state index >= 15 is 0 Å². The molecule has 3 amide bonds. The van der Waals surface area contributed by atoms with Crippen LogP contribution in [0.2, 0.25) is 5.02 Å². The van der Waals surface area contributed by atoms with Crippen LogP contribution in [0.15, 0.2) is 54.6 Å². The molecule has 2 N–H and O–H groups in total. The molecule has 6 heteroatoms. The molecule has 0 aliphatic carbocycles. The second-order valence-electron chi connectivity index (χ2n) is 6.86. The Labute approximate surface area is 164 Å². The van der Waals surface area contributed by atoms with Crippen LogP contribution in [0.1, 0.15) is 31.4 Å². The van der Waals surface area contributed by atoms with Crippen molar-refractivity contribution in [3.63, 3.8) is 0 Å². The number of anilines is 1. The van der Waals surface area contributed by atoms with Crippen molar-refractivity contribution in [2.45, 2.75) is 25.8 Å². The summed E-state index contributed by atoms with van der Waals surface area (Å²) in [6, 6.07) is 16.5. The Kier molecular flexibility index (Phi) is 6.35. The number of amides is 3. The maximum atomic E-state index is 12.7. The summed E-state index contributed by atoms with van der Waals surface area (Å²) in [6.45, 7) is 3.04. The molecule has 0 radical (unpaired) electrons. The van der Waals surface area contributed by atoms with Crippen LogP contribution in [-0.4, -0.2) is 29.9 Å². The smallest absolute Gasteiger partial charge is 0.321 e. The fourth-order valence-electron chi connectivity index (χ4n) is 3.27. The molecular formula is C21H24ClN3O2. The Morgan fingerprint density at radius 3 is 2.52 bits per heavy atom. The minimum Gasteiger partial charge on any atom is -0.349 e. The minimum absolute atomic E-state index is 0.0188. The molecular weight excluding hydrogens is 362 g/mol. The third kappa shape index (κ3) is 5.23. The quantitative estimate of drug-likeness (QED) is 0.816. The second-order valence-corrected chi connectivity index (χ2v) is 7.30. The van der Waals surface area contributed by atoms with Crippen LogP contribution in [-0.2, 0) is 4.79 Å². The number of piperidine rings is 1. The van der Waals surface area contributed by atoms with Crippen LogP contribution >= 0.6 is 11.6 Å². The highest BCUT2D eigenvalue weighted by Crippen LogP contribution is 2.21. The van der Waals surface area contributed by atoms with Gasteiger partial charge in [-0.1, -0.05) is 41.9 Å². The zero-order valence-electron chi connectivity index (χ0n) is 15.3. The number of carbonyl (C=O) groups excluding carboxylic acids is 2. The first kappa shape index (κ1) is 19.2.